The molecule has 0 bridgehead atoms. The van der Waals surface area contributed by atoms with E-state index in [4.69, 9.17) is 4.99 Å². The Morgan fingerprint density at radius 3 is 2.72 bits per heavy atom. The van der Waals surface area contributed by atoms with Crippen LogP contribution in [0.25, 0.3) is 0 Å². The molecule has 2 aromatic rings. The molecule has 4 rings (SSSR count). The number of carbonyl (C=O) groups excluding carboxylic acids is 1. The maximum Gasteiger partial charge on any atom is 0.253 e. The number of nitrogens with one attached hydrogen (secondary N) is 1. The Bertz CT molecular complexity index is 994. The molecule has 170 valence electrons. The number of likely N-dealkylation sites (N-methyl/N-ethyl adjacent to an activating group) is 1. The number of unbranched alkanes of at least 4 members (excludes halogenated alkanes) is 2. The number of aliphatic imine (C=N–C) groups is 1. The van der Waals surface area contributed by atoms with Crippen LogP contribution in [0.2, 0.25) is 0 Å². The highest BCUT2D eigenvalue weighted by molar-refractivity contribution is 5.99. The standard InChI is InChI=1S/C25H32N4O3/c1-3-4-6-14-21(30)23(31)26-20-13-9-12-19-16-29-17-25(32,15-18-10-7-5-8-11-18)28(2)24(29)27-22(19)20/h5,7-13,21,30,32H,3-4,6,14-17H2,1-2H3,(H,26,31). The van der Waals surface area contributed by atoms with Crippen LogP contribution < -0.4 is 5.32 Å². The second kappa shape index (κ2) is 9.30. The van der Waals surface area contributed by atoms with Gasteiger partial charge in [0.15, 0.2) is 5.72 Å². The van der Waals surface area contributed by atoms with E-state index >= 15 is 0 Å². The van der Waals surface area contributed by atoms with Gasteiger partial charge in [0, 0.05) is 20.0 Å². The zero-order valence-corrected chi connectivity index (χ0v) is 18.8. The summed E-state index contributed by atoms with van der Waals surface area (Å²) in [4.78, 5) is 21.2. The number of hydrogen-bond donors (Lipinski definition) is 3. The summed E-state index contributed by atoms with van der Waals surface area (Å²) in [7, 11) is 1.85. The van der Waals surface area contributed by atoms with E-state index in [1.807, 2.05) is 54.4 Å². The molecule has 1 fully saturated rings. The van der Waals surface area contributed by atoms with Gasteiger partial charge in [-0.2, -0.15) is 0 Å². The molecule has 2 heterocycles. The van der Waals surface area contributed by atoms with Crippen molar-refractivity contribution in [3.05, 3.63) is 59.7 Å². The van der Waals surface area contributed by atoms with Gasteiger partial charge in [0.05, 0.1) is 17.9 Å². The van der Waals surface area contributed by atoms with Gasteiger partial charge < -0.3 is 25.3 Å². The fraction of sp³-hybridized carbons (Fsp3) is 0.440. The largest absolute Gasteiger partial charge is 0.383 e. The number of aliphatic hydroxyl groups excluding tert-OH is 1. The molecule has 2 atom stereocenters. The van der Waals surface area contributed by atoms with E-state index in [9.17, 15) is 15.0 Å². The highest BCUT2D eigenvalue weighted by Gasteiger charge is 2.46. The second-order valence-electron chi connectivity index (χ2n) is 8.79. The molecular formula is C25H32N4O3. The van der Waals surface area contributed by atoms with Crippen molar-refractivity contribution in [3.63, 3.8) is 0 Å². The number of nitrogens with zero attached hydrogens (tertiary/aromatic N) is 3. The Kier molecular flexibility index (Phi) is 6.48. The average Bonchev–Trinajstić information content (AvgIpc) is 3.02. The quantitative estimate of drug-likeness (QED) is 0.553. The summed E-state index contributed by atoms with van der Waals surface area (Å²) in [6.07, 6.45) is 2.76. The minimum Gasteiger partial charge on any atom is -0.383 e. The van der Waals surface area contributed by atoms with E-state index in [1.165, 1.54) is 0 Å². The van der Waals surface area contributed by atoms with Crippen LogP contribution in [0.3, 0.4) is 0 Å². The first-order chi connectivity index (χ1) is 15.4. The molecule has 0 radical (unpaired) electrons. The van der Waals surface area contributed by atoms with Crippen LogP contribution in [0.15, 0.2) is 53.5 Å². The number of guanidine groups is 1. The highest BCUT2D eigenvalue weighted by Crippen LogP contribution is 2.38. The number of aliphatic hydroxyl groups is 2. The van der Waals surface area contributed by atoms with Crippen molar-refractivity contribution in [2.24, 2.45) is 4.99 Å². The van der Waals surface area contributed by atoms with Crippen molar-refractivity contribution in [2.45, 2.75) is 57.4 Å². The molecule has 32 heavy (non-hydrogen) atoms. The first-order valence-electron chi connectivity index (χ1n) is 11.4. The van der Waals surface area contributed by atoms with Gasteiger partial charge in [-0.05, 0) is 23.6 Å². The molecule has 1 amide bonds. The topological polar surface area (TPSA) is 88.4 Å². The molecule has 3 N–H and O–H groups in total. The normalized spacial score (nSPS) is 20.4. The third kappa shape index (κ3) is 4.49. The van der Waals surface area contributed by atoms with Crippen molar-refractivity contribution in [1.29, 1.82) is 0 Å². The number of carbonyl (C=O) groups is 1. The first-order valence-corrected chi connectivity index (χ1v) is 11.4. The molecule has 0 aliphatic carbocycles. The summed E-state index contributed by atoms with van der Waals surface area (Å²) < 4.78 is 0. The Morgan fingerprint density at radius 2 is 1.97 bits per heavy atom. The first kappa shape index (κ1) is 22.3. The van der Waals surface area contributed by atoms with E-state index in [0.717, 1.165) is 30.4 Å². The molecule has 0 aromatic heterocycles. The maximum absolute atomic E-state index is 12.5. The molecule has 7 heteroatoms. The van der Waals surface area contributed by atoms with Crippen molar-refractivity contribution in [1.82, 2.24) is 9.80 Å². The van der Waals surface area contributed by atoms with Crippen LogP contribution in [0, 0.1) is 0 Å². The van der Waals surface area contributed by atoms with Gasteiger partial charge >= 0.3 is 0 Å². The number of fused-ring (bicyclic) bond motifs is 2. The van der Waals surface area contributed by atoms with Gasteiger partial charge in [-0.1, -0.05) is 68.7 Å². The number of benzene rings is 2. The summed E-state index contributed by atoms with van der Waals surface area (Å²) in [5, 5.41) is 24.5. The molecule has 2 unspecified atom stereocenters. The summed E-state index contributed by atoms with van der Waals surface area (Å²) in [6.45, 7) is 3.13. The van der Waals surface area contributed by atoms with E-state index < -0.39 is 17.7 Å². The fourth-order valence-corrected chi connectivity index (χ4v) is 4.44. The second-order valence-corrected chi connectivity index (χ2v) is 8.79. The van der Waals surface area contributed by atoms with Gasteiger partial charge in [0.2, 0.25) is 5.96 Å². The van der Waals surface area contributed by atoms with Crippen molar-refractivity contribution in [2.75, 3.05) is 18.9 Å². The van der Waals surface area contributed by atoms with Crippen LogP contribution in [0.5, 0.6) is 0 Å². The van der Waals surface area contributed by atoms with Gasteiger partial charge in [-0.3, -0.25) is 4.79 Å². The molecule has 1 saturated heterocycles. The van der Waals surface area contributed by atoms with Gasteiger partial charge in [0.1, 0.15) is 6.10 Å². The predicted octanol–water partition coefficient (Wildman–Crippen LogP) is 3.25. The Labute approximate surface area is 189 Å². The fourth-order valence-electron chi connectivity index (χ4n) is 4.44. The molecule has 2 aromatic carbocycles. The van der Waals surface area contributed by atoms with E-state index in [0.29, 0.717) is 43.3 Å². The minimum absolute atomic E-state index is 0.405. The molecule has 7 nitrogen and oxygen atoms in total. The number of hydrogen-bond acceptors (Lipinski definition) is 6. The molecule has 0 saturated carbocycles. The van der Waals surface area contributed by atoms with Crippen LogP contribution >= 0.6 is 0 Å². The van der Waals surface area contributed by atoms with Gasteiger partial charge in [-0.15, -0.1) is 0 Å². The van der Waals surface area contributed by atoms with Crippen molar-refractivity contribution in [3.8, 4) is 0 Å². The minimum atomic E-state index is -1.07. The lowest BCUT2D eigenvalue weighted by Gasteiger charge is -2.30. The zero-order valence-electron chi connectivity index (χ0n) is 18.8. The third-order valence-electron chi connectivity index (χ3n) is 6.32. The summed E-state index contributed by atoms with van der Waals surface area (Å²) in [5.41, 5.74) is 2.24. The number of rotatable bonds is 8. The van der Waals surface area contributed by atoms with E-state index in [-0.39, 0.29) is 0 Å². The van der Waals surface area contributed by atoms with Crippen molar-refractivity contribution >= 4 is 23.2 Å². The molecule has 0 spiro atoms. The summed E-state index contributed by atoms with van der Waals surface area (Å²) in [6, 6.07) is 15.6. The van der Waals surface area contributed by atoms with Crippen LogP contribution in [0.4, 0.5) is 11.4 Å². The number of para-hydroxylation sites is 1. The summed E-state index contributed by atoms with van der Waals surface area (Å²) in [5.74, 6) is 0.276. The number of anilines is 1. The zero-order chi connectivity index (χ0) is 22.7. The van der Waals surface area contributed by atoms with Crippen molar-refractivity contribution < 1.29 is 15.0 Å². The molecular weight excluding hydrogens is 404 g/mol. The van der Waals surface area contributed by atoms with Crippen LogP contribution in [-0.2, 0) is 17.8 Å². The van der Waals surface area contributed by atoms with Gasteiger partial charge in [-0.25, -0.2) is 4.99 Å². The smallest absolute Gasteiger partial charge is 0.253 e. The lowest BCUT2D eigenvalue weighted by atomic mass is 10.0. The van der Waals surface area contributed by atoms with Crippen LogP contribution in [0.1, 0.15) is 43.7 Å². The molecule has 2 aliphatic rings. The Morgan fingerprint density at radius 1 is 1.19 bits per heavy atom. The lowest BCUT2D eigenvalue weighted by Crippen LogP contribution is -2.46. The van der Waals surface area contributed by atoms with E-state index in [2.05, 4.69) is 17.1 Å². The number of amides is 1. The Hall–Kier alpha value is -2.90. The lowest BCUT2D eigenvalue weighted by molar-refractivity contribution is -0.124. The maximum atomic E-state index is 12.5. The monoisotopic (exact) mass is 436 g/mol. The summed E-state index contributed by atoms with van der Waals surface area (Å²) >= 11 is 0. The Balaban J connectivity index is 1.53. The highest BCUT2D eigenvalue weighted by atomic mass is 16.3. The third-order valence-corrected chi connectivity index (χ3v) is 6.32. The average molecular weight is 437 g/mol. The SMILES string of the molecule is CCCCCC(O)C(=O)Nc1cccc2c1N=C1N(C2)CC(O)(Cc2ccccc2)N1C. The predicted molar refractivity (Wildman–Crippen MR) is 126 cm³/mol. The van der Waals surface area contributed by atoms with Crippen LogP contribution in [-0.4, -0.2) is 57.3 Å². The molecule has 2 aliphatic heterocycles. The van der Waals surface area contributed by atoms with Gasteiger partial charge in [0.25, 0.3) is 5.91 Å². The van der Waals surface area contributed by atoms with E-state index in [1.54, 1.807) is 6.07 Å².